The summed E-state index contributed by atoms with van der Waals surface area (Å²) in [5.41, 5.74) is -5.01. The molecule has 0 aliphatic heterocycles. The normalized spacial score (nSPS) is 18.7. The molecule has 57 heavy (non-hydrogen) atoms. The number of benzene rings is 8. The third kappa shape index (κ3) is 4.74. The van der Waals surface area contributed by atoms with Crippen molar-refractivity contribution in [1.29, 1.82) is 0 Å². The Kier molecular flexibility index (Phi) is 3.18. The smallest absolute Gasteiger partial charge is 0.238 e. The molecule has 4 heterocycles. The molecule has 266 valence electrons. The van der Waals surface area contributed by atoms with E-state index in [1.54, 1.807) is 0 Å². The molecule has 0 bridgehead atoms. The maximum absolute atomic E-state index is 10.1. The molecule has 0 radical (unpaired) electrons. The highest BCUT2D eigenvalue weighted by Crippen LogP contribution is 2.38. The number of rotatable bonds is 5. The van der Waals surface area contributed by atoms with Gasteiger partial charge in [-0.15, -0.1) is 0 Å². The van der Waals surface area contributed by atoms with Gasteiger partial charge in [0.2, 0.25) is 5.95 Å². The number of para-hydroxylation sites is 7. The Morgan fingerprint density at radius 2 is 0.825 bits per heavy atom. The monoisotopic (exact) mass is 756 g/mol. The van der Waals surface area contributed by atoms with Gasteiger partial charge in [0.25, 0.3) is 0 Å². The van der Waals surface area contributed by atoms with Crippen LogP contribution in [0.25, 0.3) is 106 Å². The second kappa shape index (κ2) is 12.3. The first kappa shape index (κ1) is 14.7. The van der Waals surface area contributed by atoms with E-state index in [1.807, 2.05) is 0 Å². The standard InChI is InChI=1S/C51H32N6/c1-2-16-34(17-3-1)55-42-24-10-4-22-39(42)40-31-30-33(32-48(40)55)49-52-50(54-51(53-49)57-45-27-13-7-20-37(45)38-21-8-14-28-46(38)57)41-23-9-15-29-47(41)56-43-25-11-5-18-35(43)36-19-6-12-26-44(36)56/h1-32H/i1D,2D,3D,4D,5D,6D,7D,8D,10D,11D,12D,13D,14D,16D,17D,18D,19D,20D,21D,22D,24D,25D,26D,27D,28D,30D,31D,32D. The Balaban J connectivity index is 1.32. The Morgan fingerprint density at radius 3 is 1.40 bits per heavy atom. The lowest BCUT2D eigenvalue weighted by Crippen LogP contribution is -2.08. The van der Waals surface area contributed by atoms with Crippen LogP contribution in [0.1, 0.15) is 38.4 Å². The van der Waals surface area contributed by atoms with Gasteiger partial charge in [-0.05, 0) is 60.5 Å². The molecule has 0 atom stereocenters. The summed E-state index contributed by atoms with van der Waals surface area (Å²) in [7, 11) is 0. The first-order valence-electron chi connectivity index (χ1n) is 30.9. The van der Waals surface area contributed by atoms with Crippen LogP contribution in [0, 0.1) is 0 Å². The molecule has 12 aromatic rings. The van der Waals surface area contributed by atoms with Crippen LogP contribution in [0.3, 0.4) is 0 Å². The van der Waals surface area contributed by atoms with Gasteiger partial charge in [0.1, 0.15) is 0 Å². The van der Waals surface area contributed by atoms with E-state index in [0.29, 0.717) is 0 Å². The van der Waals surface area contributed by atoms with Crippen LogP contribution in [-0.4, -0.2) is 28.7 Å². The molecule has 4 aromatic heterocycles. The minimum Gasteiger partial charge on any atom is -0.309 e. The van der Waals surface area contributed by atoms with E-state index >= 15 is 0 Å². The lowest BCUT2D eigenvalue weighted by molar-refractivity contribution is 0.952. The number of hydrogen-bond acceptors (Lipinski definition) is 3. The quantitative estimate of drug-likeness (QED) is 0.176. The van der Waals surface area contributed by atoms with Crippen LogP contribution in [0.2, 0.25) is 0 Å². The minimum atomic E-state index is -0.957. The van der Waals surface area contributed by atoms with Crippen LogP contribution in [0.15, 0.2) is 193 Å². The van der Waals surface area contributed by atoms with Gasteiger partial charge < -0.3 is 9.13 Å². The fourth-order valence-electron chi connectivity index (χ4n) is 7.04. The highest BCUT2D eigenvalue weighted by Gasteiger charge is 2.22. The van der Waals surface area contributed by atoms with E-state index in [2.05, 4.69) is 4.98 Å². The van der Waals surface area contributed by atoms with Crippen molar-refractivity contribution in [2.45, 2.75) is 0 Å². The Labute approximate surface area is 366 Å². The summed E-state index contributed by atoms with van der Waals surface area (Å²) in [6.45, 7) is 0. The number of aromatic nitrogens is 6. The molecule has 6 nitrogen and oxygen atoms in total. The summed E-state index contributed by atoms with van der Waals surface area (Å²) < 4.78 is 255. The molecular weight excluding hydrogens is 697 g/mol. The number of hydrogen-bond donors (Lipinski definition) is 0. The Hall–Kier alpha value is -7.83. The number of nitrogens with zero attached hydrogens (tertiary/aromatic N) is 6. The van der Waals surface area contributed by atoms with Crippen LogP contribution in [0.5, 0.6) is 0 Å². The molecule has 0 saturated heterocycles. The van der Waals surface area contributed by atoms with E-state index in [4.69, 9.17) is 38.8 Å². The van der Waals surface area contributed by atoms with Crippen LogP contribution in [-0.2, 0) is 0 Å². The summed E-state index contributed by atoms with van der Waals surface area (Å²) in [4.78, 5) is 14.2. The van der Waals surface area contributed by atoms with Gasteiger partial charge in [-0.2, -0.15) is 9.97 Å². The van der Waals surface area contributed by atoms with Crippen LogP contribution < -0.4 is 0 Å². The van der Waals surface area contributed by atoms with E-state index in [1.165, 1.54) is 24.3 Å². The number of fused-ring (bicyclic) bond motifs is 9. The first-order valence-corrected chi connectivity index (χ1v) is 16.9. The van der Waals surface area contributed by atoms with Gasteiger partial charge in [-0.1, -0.05) is 133 Å². The van der Waals surface area contributed by atoms with Gasteiger partial charge in [-0.25, -0.2) is 4.98 Å². The topological polar surface area (TPSA) is 53.5 Å². The first-order chi connectivity index (χ1) is 39.9. The summed E-state index contributed by atoms with van der Waals surface area (Å²) in [5, 5.41) is -2.62. The van der Waals surface area contributed by atoms with E-state index in [9.17, 15) is 9.60 Å². The van der Waals surface area contributed by atoms with Gasteiger partial charge in [-0.3, -0.25) is 4.57 Å². The third-order valence-corrected chi connectivity index (χ3v) is 9.37. The summed E-state index contributed by atoms with van der Waals surface area (Å²) in [6, 6.07) is -17.6. The van der Waals surface area contributed by atoms with Crippen molar-refractivity contribution in [3.8, 4) is 40.1 Å². The maximum atomic E-state index is 10.1. The highest BCUT2D eigenvalue weighted by atomic mass is 15.2. The van der Waals surface area contributed by atoms with E-state index < -0.39 is 242 Å². The second-order valence-electron chi connectivity index (χ2n) is 12.4. The van der Waals surface area contributed by atoms with Crippen molar-refractivity contribution in [2.75, 3.05) is 0 Å². The zero-order valence-corrected chi connectivity index (χ0v) is 28.5. The molecule has 0 unspecified atom stereocenters. The van der Waals surface area contributed by atoms with Gasteiger partial charge in [0, 0.05) is 49.1 Å². The van der Waals surface area contributed by atoms with Gasteiger partial charge in [0.05, 0.1) is 77.2 Å². The molecule has 0 amide bonds. The van der Waals surface area contributed by atoms with Crippen molar-refractivity contribution in [1.82, 2.24) is 28.7 Å². The average Bonchev–Trinajstić information content (AvgIpc) is 1.59. The van der Waals surface area contributed by atoms with Gasteiger partial charge >= 0.3 is 0 Å². The fraction of sp³-hybridized carbons (Fsp3) is 0. The molecular formula is C51H32N6. The van der Waals surface area contributed by atoms with E-state index in [-0.39, 0.29) is 33.1 Å². The molecule has 0 saturated carbocycles. The summed E-state index contributed by atoms with van der Waals surface area (Å²) in [5.74, 6) is -2.20. The van der Waals surface area contributed by atoms with Crippen LogP contribution >= 0.6 is 0 Å². The van der Waals surface area contributed by atoms with Crippen molar-refractivity contribution < 1.29 is 38.4 Å². The van der Waals surface area contributed by atoms with Crippen molar-refractivity contribution in [2.24, 2.45) is 0 Å². The molecule has 0 fully saturated rings. The molecule has 12 rings (SSSR count). The third-order valence-electron chi connectivity index (χ3n) is 9.37. The lowest BCUT2D eigenvalue weighted by Gasteiger charge is -2.15. The lowest BCUT2D eigenvalue weighted by atomic mass is 10.1. The van der Waals surface area contributed by atoms with Gasteiger partial charge in [0.15, 0.2) is 11.6 Å². The summed E-state index contributed by atoms with van der Waals surface area (Å²) >= 11 is 0. The van der Waals surface area contributed by atoms with E-state index in [0.717, 1.165) is 13.7 Å². The van der Waals surface area contributed by atoms with Crippen molar-refractivity contribution in [3.63, 3.8) is 0 Å². The molecule has 0 N–H and O–H groups in total. The predicted molar refractivity (Wildman–Crippen MR) is 234 cm³/mol. The average molecular weight is 757 g/mol. The molecule has 6 heteroatoms. The summed E-state index contributed by atoms with van der Waals surface area (Å²) in [6.07, 6.45) is 0. The zero-order chi connectivity index (χ0) is 61.8. The molecule has 0 spiro atoms. The van der Waals surface area contributed by atoms with Crippen LogP contribution in [0.4, 0.5) is 0 Å². The second-order valence-corrected chi connectivity index (χ2v) is 12.4. The molecule has 0 aliphatic rings. The maximum Gasteiger partial charge on any atom is 0.238 e. The van der Waals surface area contributed by atoms with Crippen molar-refractivity contribution >= 4 is 65.4 Å². The molecule has 0 aliphatic carbocycles. The minimum absolute atomic E-state index is 0.190. The zero-order valence-electron chi connectivity index (χ0n) is 56.5. The Bertz CT molecular complexity index is 5000. The fourth-order valence-corrected chi connectivity index (χ4v) is 7.04. The predicted octanol–water partition coefficient (Wildman–Crippen LogP) is 12.5. The molecule has 8 aromatic carbocycles. The van der Waals surface area contributed by atoms with Crippen molar-refractivity contribution in [3.05, 3.63) is 193 Å². The SMILES string of the molecule is [2H]c1c([2H])c([2H])c(-n2c3c([2H])c([2H])c([2H])c([2H])c3c3c([2H])c([2H])c(-c4nc(-c5ccccc5-n5c6c([2H])c([2H])c([2H])c([2H])c6c6c([2H])c([2H])c([2H])c([2H])c65)nc(-n5c6c([2H])c([2H])c([2H])c([2H])c6c6c([2H])c([2H])c([2H])c([2H])c65)n4)c([2H])c32)c([2H])c1[2H]. The largest absolute Gasteiger partial charge is 0.309 e. The highest BCUT2D eigenvalue weighted by molar-refractivity contribution is 6.12. The Morgan fingerprint density at radius 1 is 0.368 bits per heavy atom.